The van der Waals surface area contributed by atoms with Gasteiger partial charge in [0.05, 0.1) is 6.61 Å². The maximum Gasteiger partial charge on any atom is 0.321 e. The summed E-state index contributed by atoms with van der Waals surface area (Å²) in [6.07, 6.45) is 2.55. The highest BCUT2D eigenvalue weighted by atomic mass is 32.2. The molecule has 0 amide bonds. The van der Waals surface area contributed by atoms with E-state index in [-0.39, 0.29) is 24.7 Å². The highest BCUT2D eigenvalue weighted by Gasteiger charge is 2.24. The van der Waals surface area contributed by atoms with Crippen LogP contribution in [0.15, 0.2) is 23.4 Å². The number of rotatable bonds is 5. The normalized spacial score (nSPS) is 10.9. The van der Waals surface area contributed by atoms with Gasteiger partial charge in [-0.3, -0.25) is 9.78 Å². The number of aliphatic hydroxyl groups excluding tert-OH is 1. The topological polar surface area (TPSA) is 96.8 Å². The van der Waals surface area contributed by atoms with Gasteiger partial charge in [-0.05, 0) is 13.0 Å². The van der Waals surface area contributed by atoms with Crippen LogP contribution in [0.4, 0.5) is 0 Å². The lowest BCUT2D eigenvalue weighted by Gasteiger charge is -2.16. The van der Waals surface area contributed by atoms with Crippen LogP contribution in [0.25, 0.3) is 0 Å². The lowest BCUT2D eigenvalue weighted by molar-refractivity contribution is -0.143. The highest BCUT2D eigenvalue weighted by Crippen LogP contribution is 2.14. The molecule has 0 aliphatic heterocycles. The molecule has 7 nitrogen and oxygen atoms in total. The molecule has 114 valence electrons. The number of nitrogens with zero attached hydrogens (tertiary/aromatic N) is 2. The number of pyridine rings is 1. The molecule has 8 heteroatoms. The Morgan fingerprint density at radius 1 is 1.48 bits per heavy atom. The lowest BCUT2D eigenvalue weighted by Crippen LogP contribution is -2.33. The van der Waals surface area contributed by atoms with Crippen molar-refractivity contribution in [2.24, 2.45) is 0 Å². The number of hydrogen-bond donors (Lipinski definition) is 1. The lowest BCUT2D eigenvalue weighted by atomic mass is 10.3. The summed E-state index contributed by atoms with van der Waals surface area (Å²) >= 11 is 0. The number of aliphatic hydroxyl groups is 1. The van der Waals surface area contributed by atoms with Crippen molar-refractivity contribution in [3.05, 3.63) is 24.0 Å². The molecule has 0 saturated heterocycles. The second-order valence-electron chi connectivity index (χ2n) is 3.94. The summed E-state index contributed by atoms with van der Waals surface area (Å²) in [6, 6.07) is 1.33. The van der Waals surface area contributed by atoms with E-state index in [9.17, 15) is 13.2 Å². The Hall–Kier alpha value is -1.95. The van der Waals surface area contributed by atoms with Crippen molar-refractivity contribution in [3.8, 4) is 11.8 Å². The Balaban J connectivity index is 2.99. The van der Waals surface area contributed by atoms with Crippen molar-refractivity contribution in [1.29, 1.82) is 0 Å². The van der Waals surface area contributed by atoms with Crippen molar-refractivity contribution in [3.63, 3.8) is 0 Å². The first-order chi connectivity index (χ1) is 9.91. The van der Waals surface area contributed by atoms with E-state index in [1.807, 2.05) is 0 Å². The van der Waals surface area contributed by atoms with E-state index in [0.717, 1.165) is 4.31 Å². The Labute approximate surface area is 123 Å². The van der Waals surface area contributed by atoms with Crippen molar-refractivity contribution in [2.75, 3.05) is 26.8 Å². The molecular weight excluding hydrogens is 296 g/mol. The van der Waals surface area contributed by atoms with Crippen LogP contribution in [0.5, 0.6) is 0 Å². The summed E-state index contributed by atoms with van der Waals surface area (Å²) in [6.45, 7) is 1.10. The molecule has 0 radical (unpaired) electrons. The van der Waals surface area contributed by atoms with Gasteiger partial charge in [0.2, 0.25) is 10.0 Å². The summed E-state index contributed by atoms with van der Waals surface area (Å²) in [5.41, 5.74) is 0.356. The molecule has 0 bridgehead atoms. The van der Waals surface area contributed by atoms with E-state index >= 15 is 0 Å². The summed E-state index contributed by atoms with van der Waals surface area (Å²) in [7, 11) is -2.58. The number of sulfonamides is 1. The third-order valence-electron chi connectivity index (χ3n) is 2.39. The van der Waals surface area contributed by atoms with E-state index < -0.39 is 16.0 Å². The fourth-order valence-electron chi connectivity index (χ4n) is 1.42. The molecule has 1 N–H and O–H groups in total. The molecule has 1 aromatic heterocycles. The summed E-state index contributed by atoms with van der Waals surface area (Å²) < 4.78 is 30.1. The van der Waals surface area contributed by atoms with Crippen LogP contribution >= 0.6 is 0 Å². The molecule has 0 unspecified atom stereocenters. The fraction of sp³-hybridized carbons (Fsp3) is 0.385. The molecule has 0 aliphatic carbocycles. The molecular formula is C13H16N2O5S. The summed E-state index contributed by atoms with van der Waals surface area (Å²) in [5.74, 6) is 4.34. The Kier molecular flexibility index (Phi) is 6.30. The maximum atomic E-state index is 12.3. The van der Waals surface area contributed by atoms with Gasteiger partial charge in [-0.1, -0.05) is 11.8 Å². The van der Waals surface area contributed by atoms with Gasteiger partial charge in [-0.15, -0.1) is 0 Å². The average molecular weight is 312 g/mol. The third kappa shape index (κ3) is 4.82. The van der Waals surface area contributed by atoms with Crippen LogP contribution in [-0.2, 0) is 19.6 Å². The Morgan fingerprint density at radius 3 is 2.81 bits per heavy atom. The minimum absolute atomic E-state index is 0.0842. The molecule has 0 spiro atoms. The average Bonchev–Trinajstić information content (AvgIpc) is 2.45. The van der Waals surface area contributed by atoms with Crippen LogP contribution in [0.2, 0.25) is 0 Å². The van der Waals surface area contributed by atoms with Crippen molar-refractivity contribution >= 4 is 16.0 Å². The van der Waals surface area contributed by atoms with Crippen LogP contribution < -0.4 is 0 Å². The number of carbonyl (C=O) groups is 1. The minimum atomic E-state index is -3.86. The van der Waals surface area contributed by atoms with Crippen LogP contribution in [0.1, 0.15) is 12.5 Å². The van der Waals surface area contributed by atoms with Crippen molar-refractivity contribution < 1.29 is 23.1 Å². The highest BCUT2D eigenvalue weighted by molar-refractivity contribution is 7.89. The maximum absolute atomic E-state index is 12.3. The van der Waals surface area contributed by atoms with E-state index in [1.54, 1.807) is 6.92 Å². The standard InChI is InChI=1S/C13H16N2O5S/c1-3-20-13(17)10-15(2)21(18,19)12-7-11(5-4-6-16)8-14-9-12/h7-9,16H,3,6,10H2,1-2H3. The molecule has 0 fully saturated rings. The number of hydrogen-bond acceptors (Lipinski definition) is 6. The van der Waals surface area contributed by atoms with Crippen molar-refractivity contribution in [2.45, 2.75) is 11.8 Å². The molecule has 21 heavy (non-hydrogen) atoms. The number of esters is 1. The summed E-state index contributed by atoms with van der Waals surface area (Å²) in [5, 5.41) is 8.62. The zero-order valence-corrected chi connectivity index (χ0v) is 12.6. The SMILES string of the molecule is CCOC(=O)CN(C)S(=O)(=O)c1cncc(C#CCO)c1. The first-order valence-corrected chi connectivity index (χ1v) is 7.52. The smallest absolute Gasteiger partial charge is 0.321 e. The Morgan fingerprint density at radius 2 is 2.19 bits per heavy atom. The quantitative estimate of drug-likeness (QED) is 0.587. The number of ether oxygens (including phenoxy) is 1. The zero-order chi connectivity index (χ0) is 15.9. The van der Waals surface area contributed by atoms with E-state index in [4.69, 9.17) is 9.84 Å². The minimum Gasteiger partial charge on any atom is -0.465 e. The van der Waals surface area contributed by atoms with E-state index in [0.29, 0.717) is 5.56 Å². The predicted octanol–water partition coefficient (Wildman–Crippen LogP) is -0.391. The largest absolute Gasteiger partial charge is 0.465 e. The van der Waals surface area contributed by atoms with Gasteiger partial charge in [-0.25, -0.2) is 8.42 Å². The molecule has 1 rings (SSSR count). The van der Waals surface area contributed by atoms with Gasteiger partial charge in [0.15, 0.2) is 0 Å². The van der Waals surface area contributed by atoms with Crippen molar-refractivity contribution in [1.82, 2.24) is 9.29 Å². The van der Waals surface area contributed by atoms with Crippen LogP contribution in [-0.4, -0.2) is 55.6 Å². The van der Waals surface area contributed by atoms with Gasteiger partial charge in [0.25, 0.3) is 0 Å². The van der Waals surface area contributed by atoms with Gasteiger partial charge in [-0.2, -0.15) is 4.31 Å². The second-order valence-corrected chi connectivity index (χ2v) is 5.98. The molecule has 0 aliphatic rings. The number of aromatic nitrogens is 1. The fourth-order valence-corrected chi connectivity index (χ4v) is 2.53. The molecule has 0 atom stereocenters. The van der Waals surface area contributed by atoms with Gasteiger partial charge in [0, 0.05) is 25.0 Å². The van der Waals surface area contributed by atoms with E-state index in [2.05, 4.69) is 16.8 Å². The third-order valence-corrected chi connectivity index (χ3v) is 4.16. The summed E-state index contributed by atoms with van der Waals surface area (Å²) in [4.78, 5) is 15.1. The van der Waals surface area contributed by atoms with Crippen LogP contribution in [0, 0.1) is 11.8 Å². The number of carbonyl (C=O) groups excluding carboxylic acids is 1. The van der Waals surface area contributed by atoms with Crippen LogP contribution in [0.3, 0.4) is 0 Å². The zero-order valence-electron chi connectivity index (χ0n) is 11.7. The Bertz CT molecular complexity index is 661. The second kappa shape index (κ2) is 7.73. The van der Waals surface area contributed by atoms with Gasteiger partial charge >= 0.3 is 5.97 Å². The number of likely N-dealkylation sites (N-methyl/N-ethyl adjacent to an activating group) is 1. The first kappa shape index (κ1) is 17.1. The molecule has 1 heterocycles. The first-order valence-electron chi connectivity index (χ1n) is 6.08. The van der Waals surface area contributed by atoms with E-state index in [1.165, 1.54) is 25.5 Å². The molecule has 0 aromatic carbocycles. The van der Waals surface area contributed by atoms with Gasteiger partial charge in [0.1, 0.15) is 18.0 Å². The molecule has 0 saturated carbocycles. The monoisotopic (exact) mass is 312 g/mol. The molecule has 1 aromatic rings. The predicted molar refractivity (Wildman–Crippen MR) is 74.6 cm³/mol. The van der Waals surface area contributed by atoms with Gasteiger partial charge < -0.3 is 9.84 Å².